The summed E-state index contributed by atoms with van der Waals surface area (Å²) < 4.78 is 7.69. The number of hydrogen-bond donors (Lipinski definition) is 0. The number of thiazole rings is 1. The van der Waals surface area contributed by atoms with Gasteiger partial charge in [0.2, 0.25) is 5.91 Å². The number of halogens is 1. The summed E-state index contributed by atoms with van der Waals surface area (Å²) in [6.45, 7) is 8.05. The number of amides is 1. The summed E-state index contributed by atoms with van der Waals surface area (Å²) in [4.78, 5) is 38.8. The number of hydrogen-bond acceptors (Lipinski definition) is 7. The van der Waals surface area contributed by atoms with E-state index in [1.54, 1.807) is 24.8 Å². The van der Waals surface area contributed by atoms with Crippen molar-refractivity contribution in [1.29, 1.82) is 0 Å². The van der Waals surface area contributed by atoms with Gasteiger partial charge in [-0.15, -0.1) is 0 Å². The second-order valence-corrected chi connectivity index (χ2v) is 9.24. The lowest BCUT2D eigenvalue weighted by Gasteiger charge is -2.27. The van der Waals surface area contributed by atoms with Gasteiger partial charge in [-0.25, -0.2) is 9.97 Å². The number of anilines is 1. The minimum atomic E-state index is -0.202. The van der Waals surface area contributed by atoms with Gasteiger partial charge in [0.25, 0.3) is 5.56 Å². The molecule has 0 bridgehead atoms. The fourth-order valence-corrected chi connectivity index (χ4v) is 4.95. The molecule has 4 rings (SSSR count). The second-order valence-electron chi connectivity index (χ2n) is 7.82. The van der Waals surface area contributed by atoms with E-state index in [0.717, 1.165) is 44.0 Å². The summed E-state index contributed by atoms with van der Waals surface area (Å²) in [7, 11) is 0. The summed E-state index contributed by atoms with van der Waals surface area (Å²) in [5.74, 6) is -0.200. The summed E-state index contributed by atoms with van der Waals surface area (Å²) in [5, 5.41) is 1.14. The molecule has 0 spiro atoms. The molecule has 0 radical (unpaired) electrons. The first-order chi connectivity index (χ1) is 15.4. The van der Waals surface area contributed by atoms with Crippen LogP contribution >= 0.6 is 22.9 Å². The van der Waals surface area contributed by atoms with E-state index in [4.69, 9.17) is 16.3 Å². The van der Waals surface area contributed by atoms with E-state index in [-0.39, 0.29) is 18.0 Å². The van der Waals surface area contributed by atoms with Gasteiger partial charge < -0.3 is 4.74 Å². The van der Waals surface area contributed by atoms with E-state index in [0.29, 0.717) is 33.5 Å². The molecule has 1 aliphatic heterocycles. The zero-order chi connectivity index (χ0) is 22.7. The van der Waals surface area contributed by atoms with Gasteiger partial charge in [-0.2, -0.15) is 0 Å². The molecule has 1 aliphatic rings. The van der Waals surface area contributed by atoms with Crippen LogP contribution in [0.1, 0.15) is 17.7 Å². The van der Waals surface area contributed by atoms with Gasteiger partial charge in [0.05, 0.1) is 29.3 Å². The smallest absolute Gasteiger partial charge is 0.256 e. The van der Waals surface area contributed by atoms with Crippen LogP contribution in [0.25, 0.3) is 10.2 Å². The summed E-state index contributed by atoms with van der Waals surface area (Å²) in [6.07, 6.45) is 2.22. The lowest BCUT2D eigenvalue weighted by atomic mass is 10.2. The number of aromatic nitrogens is 3. The van der Waals surface area contributed by atoms with Crippen molar-refractivity contribution in [3.8, 4) is 0 Å². The predicted molar refractivity (Wildman–Crippen MR) is 127 cm³/mol. The van der Waals surface area contributed by atoms with Crippen LogP contribution in [-0.4, -0.2) is 64.7 Å². The third kappa shape index (κ3) is 5.01. The Bertz CT molecular complexity index is 1170. The fraction of sp³-hybridized carbons (Fsp3) is 0.455. The number of fused-ring (bicyclic) bond motifs is 1. The zero-order valence-electron chi connectivity index (χ0n) is 18.2. The van der Waals surface area contributed by atoms with Crippen LogP contribution in [0, 0.1) is 13.8 Å². The number of carbonyl (C=O) groups excluding carboxylic acids is 1. The van der Waals surface area contributed by atoms with E-state index >= 15 is 0 Å². The average molecular weight is 476 g/mol. The highest BCUT2D eigenvalue weighted by Gasteiger charge is 2.22. The van der Waals surface area contributed by atoms with Crippen molar-refractivity contribution in [2.24, 2.45) is 0 Å². The van der Waals surface area contributed by atoms with E-state index in [9.17, 15) is 9.59 Å². The van der Waals surface area contributed by atoms with Gasteiger partial charge in [-0.3, -0.25) is 24.0 Å². The topological polar surface area (TPSA) is 80.6 Å². The Hall–Kier alpha value is -2.33. The van der Waals surface area contributed by atoms with Crippen LogP contribution in [0.5, 0.6) is 0 Å². The molecule has 32 heavy (non-hydrogen) atoms. The molecule has 0 unspecified atom stereocenters. The van der Waals surface area contributed by atoms with Crippen molar-refractivity contribution in [3.63, 3.8) is 0 Å². The molecule has 170 valence electrons. The highest BCUT2D eigenvalue weighted by Crippen LogP contribution is 2.33. The molecule has 1 fully saturated rings. The molecule has 1 saturated heterocycles. The molecule has 0 atom stereocenters. The lowest BCUT2D eigenvalue weighted by molar-refractivity contribution is -0.119. The van der Waals surface area contributed by atoms with Gasteiger partial charge >= 0.3 is 0 Å². The Labute approximate surface area is 195 Å². The minimum Gasteiger partial charge on any atom is -0.379 e. The molecule has 0 aliphatic carbocycles. The number of carbonyl (C=O) groups is 1. The number of benzene rings is 1. The van der Waals surface area contributed by atoms with E-state index in [2.05, 4.69) is 14.9 Å². The molecular formula is C22H26ClN5O3S. The van der Waals surface area contributed by atoms with Crippen LogP contribution < -0.4 is 10.5 Å². The van der Waals surface area contributed by atoms with Crippen LogP contribution in [-0.2, 0) is 16.1 Å². The first kappa shape index (κ1) is 22.8. The molecule has 3 heterocycles. The normalized spacial score (nSPS) is 14.7. The largest absolute Gasteiger partial charge is 0.379 e. The van der Waals surface area contributed by atoms with Gasteiger partial charge in [0.1, 0.15) is 12.1 Å². The van der Waals surface area contributed by atoms with Crippen molar-refractivity contribution in [2.75, 3.05) is 44.3 Å². The minimum absolute atomic E-state index is 0.0891. The number of ether oxygens (including phenoxy) is 1. The van der Waals surface area contributed by atoms with Crippen molar-refractivity contribution >= 4 is 44.2 Å². The summed E-state index contributed by atoms with van der Waals surface area (Å²) >= 11 is 7.74. The highest BCUT2D eigenvalue weighted by molar-refractivity contribution is 7.22. The van der Waals surface area contributed by atoms with Gasteiger partial charge in [0, 0.05) is 37.4 Å². The van der Waals surface area contributed by atoms with Gasteiger partial charge in [-0.05, 0) is 32.4 Å². The Balaban J connectivity index is 1.57. The number of morpholine rings is 1. The molecule has 1 amide bonds. The third-order valence-electron chi connectivity index (χ3n) is 5.67. The van der Waals surface area contributed by atoms with E-state index < -0.39 is 0 Å². The standard InChI is InChI=1S/C22H26ClN5O3S/c1-15-16(2)24-14-27(21(15)30)13-19(29)28(8-4-7-26-9-11-31-12-10-26)22-25-20-17(23)5-3-6-18(20)32-22/h3,5-6,14H,4,7-13H2,1-2H3. The number of aryl methyl sites for hydroxylation is 1. The van der Waals surface area contributed by atoms with Gasteiger partial charge in [-0.1, -0.05) is 29.0 Å². The first-order valence-electron chi connectivity index (χ1n) is 10.6. The maximum absolute atomic E-state index is 13.3. The maximum atomic E-state index is 13.3. The van der Waals surface area contributed by atoms with Crippen LogP contribution in [0.3, 0.4) is 0 Å². The maximum Gasteiger partial charge on any atom is 0.256 e. The highest BCUT2D eigenvalue weighted by atomic mass is 35.5. The average Bonchev–Trinajstić information content (AvgIpc) is 3.23. The number of nitrogens with zero attached hydrogens (tertiary/aromatic N) is 5. The fourth-order valence-electron chi connectivity index (χ4n) is 3.64. The second kappa shape index (κ2) is 10.1. The van der Waals surface area contributed by atoms with Gasteiger partial charge in [0.15, 0.2) is 5.13 Å². The van der Waals surface area contributed by atoms with Crippen LogP contribution in [0.15, 0.2) is 29.3 Å². The summed E-state index contributed by atoms with van der Waals surface area (Å²) in [5.41, 5.74) is 1.70. The van der Waals surface area contributed by atoms with Crippen molar-refractivity contribution in [3.05, 3.63) is 51.2 Å². The van der Waals surface area contributed by atoms with Crippen molar-refractivity contribution in [2.45, 2.75) is 26.8 Å². The third-order valence-corrected chi connectivity index (χ3v) is 7.02. The molecule has 10 heteroatoms. The van der Waals surface area contributed by atoms with Crippen LogP contribution in [0.4, 0.5) is 5.13 Å². The molecule has 2 aromatic heterocycles. The summed E-state index contributed by atoms with van der Waals surface area (Å²) in [6, 6.07) is 5.60. The molecule has 8 nitrogen and oxygen atoms in total. The molecule has 0 N–H and O–H groups in total. The van der Waals surface area contributed by atoms with Crippen molar-refractivity contribution < 1.29 is 9.53 Å². The van der Waals surface area contributed by atoms with E-state index in [1.807, 2.05) is 12.1 Å². The number of para-hydroxylation sites is 1. The molecule has 0 saturated carbocycles. The SMILES string of the molecule is Cc1ncn(CC(=O)N(CCCN2CCOCC2)c2nc3c(Cl)cccc3s2)c(=O)c1C. The Morgan fingerprint density at radius 3 is 2.81 bits per heavy atom. The number of rotatable bonds is 7. The zero-order valence-corrected chi connectivity index (χ0v) is 19.8. The molecule has 3 aromatic rings. The predicted octanol–water partition coefficient (Wildman–Crippen LogP) is 2.88. The molecule has 1 aromatic carbocycles. The Kier molecular flexibility index (Phi) is 7.20. The first-order valence-corrected chi connectivity index (χ1v) is 11.8. The van der Waals surface area contributed by atoms with Crippen molar-refractivity contribution in [1.82, 2.24) is 19.4 Å². The quantitative estimate of drug-likeness (QED) is 0.522. The molecular weight excluding hydrogens is 450 g/mol. The van der Waals surface area contributed by atoms with E-state index in [1.165, 1.54) is 22.2 Å². The monoisotopic (exact) mass is 475 g/mol. The van der Waals surface area contributed by atoms with Crippen LogP contribution in [0.2, 0.25) is 5.02 Å². The Morgan fingerprint density at radius 1 is 1.28 bits per heavy atom. The Morgan fingerprint density at radius 2 is 2.06 bits per heavy atom. The lowest BCUT2D eigenvalue weighted by Crippen LogP contribution is -2.41.